The van der Waals surface area contributed by atoms with E-state index < -0.39 is 6.36 Å². The summed E-state index contributed by atoms with van der Waals surface area (Å²) in [6.07, 6.45) is -1.96. The van der Waals surface area contributed by atoms with Gasteiger partial charge >= 0.3 is 6.36 Å². The molecular weight excluding hydrogens is 319 g/mol. The van der Waals surface area contributed by atoms with Gasteiger partial charge in [-0.2, -0.15) is 0 Å². The van der Waals surface area contributed by atoms with Crippen molar-refractivity contribution in [2.75, 3.05) is 19.7 Å². The monoisotopic (exact) mass is 339 g/mol. The van der Waals surface area contributed by atoms with Gasteiger partial charge in [0.1, 0.15) is 11.5 Å². The number of benzene rings is 1. The summed E-state index contributed by atoms with van der Waals surface area (Å²) < 4.78 is 46.5. The first-order chi connectivity index (χ1) is 9.99. The average molecular weight is 340 g/mol. The first-order valence-corrected chi connectivity index (χ1v) is 7.23. The van der Waals surface area contributed by atoms with E-state index in [1.54, 1.807) is 6.07 Å². The van der Waals surface area contributed by atoms with E-state index in [1.165, 1.54) is 12.1 Å². The van der Waals surface area contributed by atoms with Gasteiger partial charge in [0.2, 0.25) is 0 Å². The molecule has 1 saturated heterocycles. The highest BCUT2D eigenvalue weighted by Gasteiger charge is 2.31. The van der Waals surface area contributed by atoms with E-state index in [-0.39, 0.29) is 18.2 Å². The molecule has 1 aliphatic heterocycles. The Morgan fingerprint density at radius 1 is 1.23 bits per heavy atom. The molecule has 1 N–H and O–H groups in total. The molecule has 1 heterocycles. The van der Waals surface area contributed by atoms with Crippen LogP contribution in [0.5, 0.6) is 11.5 Å². The second kappa shape index (κ2) is 8.48. The molecule has 22 heavy (non-hydrogen) atoms. The maximum absolute atomic E-state index is 12.3. The Hall–Kier alpha value is -1.14. The minimum absolute atomic E-state index is 0. The highest BCUT2D eigenvalue weighted by molar-refractivity contribution is 5.85. The van der Waals surface area contributed by atoms with Crippen molar-refractivity contribution >= 4 is 12.4 Å². The summed E-state index contributed by atoms with van der Waals surface area (Å²) >= 11 is 0. The van der Waals surface area contributed by atoms with Crippen LogP contribution in [-0.4, -0.2) is 26.1 Å². The molecule has 0 aromatic heterocycles. The third-order valence-electron chi connectivity index (χ3n) is 3.46. The van der Waals surface area contributed by atoms with E-state index in [4.69, 9.17) is 4.74 Å². The maximum atomic E-state index is 12.3. The lowest BCUT2D eigenvalue weighted by Crippen LogP contribution is -2.27. The van der Waals surface area contributed by atoms with Crippen molar-refractivity contribution in [1.82, 2.24) is 5.32 Å². The van der Waals surface area contributed by atoms with Crippen molar-refractivity contribution < 1.29 is 22.6 Å². The Labute approximate surface area is 134 Å². The molecule has 2 rings (SSSR count). The van der Waals surface area contributed by atoms with Gasteiger partial charge in [-0.1, -0.05) is 13.0 Å². The molecule has 7 heteroatoms. The lowest BCUT2D eigenvalue weighted by atomic mass is 9.89. The first-order valence-electron chi connectivity index (χ1n) is 7.23. The number of rotatable bonds is 5. The molecule has 3 nitrogen and oxygen atoms in total. The Kier molecular flexibility index (Phi) is 7.29. The number of halogens is 4. The van der Waals surface area contributed by atoms with Crippen molar-refractivity contribution in [3.63, 3.8) is 0 Å². The fourth-order valence-corrected chi connectivity index (χ4v) is 2.52. The largest absolute Gasteiger partial charge is 0.573 e. The summed E-state index contributed by atoms with van der Waals surface area (Å²) in [6.45, 7) is 4.27. The van der Waals surface area contributed by atoms with Gasteiger partial charge in [-0.15, -0.1) is 25.6 Å². The topological polar surface area (TPSA) is 30.5 Å². The van der Waals surface area contributed by atoms with Crippen LogP contribution in [0, 0.1) is 0 Å². The summed E-state index contributed by atoms with van der Waals surface area (Å²) in [5, 5.41) is 3.28. The van der Waals surface area contributed by atoms with Gasteiger partial charge < -0.3 is 14.8 Å². The number of piperidine rings is 1. The van der Waals surface area contributed by atoms with Crippen LogP contribution >= 0.6 is 12.4 Å². The molecule has 0 bridgehead atoms. The lowest BCUT2D eigenvalue weighted by Gasteiger charge is -2.25. The fraction of sp³-hybridized carbons (Fsp3) is 0.600. The third kappa shape index (κ3) is 5.57. The molecule has 1 fully saturated rings. The minimum atomic E-state index is -4.68. The van der Waals surface area contributed by atoms with E-state index >= 15 is 0 Å². The first kappa shape index (κ1) is 18.9. The maximum Gasteiger partial charge on any atom is 0.573 e. The predicted molar refractivity (Wildman–Crippen MR) is 81.0 cm³/mol. The Balaban J connectivity index is 0.00000242. The van der Waals surface area contributed by atoms with Crippen LogP contribution in [0.2, 0.25) is 0 Å². The van der Waals surface area contributed by atoms with Gasteiger partial charge in [-0.25, -0.2) is 0 Å². The Morgan fingerprint density at radius 2 is 1.91 bits per heavy atom. The highest BCUT2D eigenvalue weighted by Crippen LogP contribution is 2.36. The SMILES string of the molecule is CCCOc1cc(OC(F)(F)F)ccc1C1CCNCC1.Cl. The summed E-state index contributed by atoms with van der Waals surface area (Å²) in [5.74, 6) is 0.592. The summed E-state index contributed by atoms with van der Waals surface area (Å²) in [6, 6.07) is 4.41. The molecule has 0 amide bonds. The molecule has 0 saturated carbocycles. The van der Waals surface area contributed by atoms with Crippen molar-refractivity contribution in [1.29, 1.82) is 0 Å². The van der Waals surface area contributed by atoms with Crippen molar-refractivity contribution in [2.45, 2.75) is 38.5 Å². The van der Waals surface area contributed by atoms with E-state index in [9.17, 15) is 13.2 Å². The fourth-order valence-electron chi connectivity index (χ4n) is 2.52. The number of nitrogens with one attached hydrogen (secondary N) is 1. The van der Waals surface area contributed by atoms with Gasteiger partial charge in [-0.05, 0) is 49.9 Å². The number of alkyl halides is 3. The summed E-state index contributed by atoms with van der Waals surface area (Å²) in [7, 11) is 0. The van der Waals surface area contributed by atoms with Crippen LogP contribution < -0.4 is 14.8 Å². The normalized spacial score (nSPS) is 16.0. The van der Waals surface area contributed by atoms with Crippen molar-refractivity contribution in [3.05, 3.63) is 23.8 Å². The molecule has 0 aliphatic carbocycles. The average Bonchev–Trinajstić information content (AvgIpc) is 2.44. The summed E-state index contributed by atoms with van der Waals surface area (Å²) in [4.78, 5) is 0. The molecule has 1 aromatic carbocycles. The van der Waals surface area contributed by atoms with Crippen molar-refractivity contribution in [2.24, 2.45) is 0 Å². The number of hydrogen-bond donors (Lipinski definition) is 1. The highest BCUT2D eigenvalue weighted by atomic mass is 35.5. The lowest BCUT2D eigenvalue weighted by molar-refractivity contribution is -0.274. The number of hydrogen-bond acceptors (Lipinski definition) is 3. The van der Waals surface area contributed by atoms with Crippen LogP contribution in [-0.2, 0) is 0 Å². The quantitative estimate of drug-likeness (QED) is 0.869. The van der Waals surface area contributed by atoms with E-state index in [0.29, 0.717) is 18.3 Å². The molecule has 0 unspecified atom stereocenters. The van der Waals surface area contributed by atoms with Crippen LogP contribution in [0.1, 0.15) is 37.7 Å². The molecule has 0 spiro atoms. The van der Waals surface area contributed by atoms with Gasteiger partial charge in [0.25, 0.3) is 0 Å². The van der Waals surface area contributed by atoms with Gasteiger partial charge in [0.15, 0.2) is 0 Å². The zero-order chi connectivity index (χ0) is 15.3. The minimum Gasteiger partial charge on any atom is -0.493 e. The van der Waals surface area contributed by atoms with E-state index in [0.717, 1.165) is 37.9 Å². The molecule has 1 aromatic rings. The zero-order valence-electron chi connectivity index (χ0n) is 12.4. The zero-order valence-corrected chi connectivity index (χ0v) is 13.2. The Morgan fingerprint density at radius 3 is 2.50 bits per heavy atom. The van der Waals surface area contributed by atoms with Gasteiger partial charge in [0, 0.05) is 6.07 Å². The third-order valence-corrected chi connectivity index (χ3v) is 3.46. The van der Waals surface area contributed by atoms with Gasteiger partial charge in [0.05, 0.1) is 6.61 Å². The predicted octanol–water partition coefficient (Wildman–Crippen LogP) is 4.26. The standard InChI is InChI=1S/C15H20F3NO2.ClH/c1-2-9-20-14-10-12(21-15(16,17)18)3-4-13(14)11-5-7-19-8-6-11;/h3-4,10-11,19H,2,5-9H2,1H3;1H. The van der Waals surface area contributed by atoms with Gasteiger partial charge in [-0.3, -0.25) is 0 Å². The van der Waals surface area contributed by atoms with Crippen LogP contribution in [0.3, 0.4) is 0 Å². The van der Waals surface area contributed by atoms with E-state index in [1.807, 2.05) is 6.92 Å². The molecular formula is C15H21ClF3NO2. The second-order valence-corrected chi connectivity index (χ2v) is 5.12. The molecule has 0 atom stereocenters. The van der Waals surface area contributed by atoms with E-state index in [2.05, 4.69) is 10.1 Å². The molecule has 0 radical (unpaired) electrons. The van der Waals surface area contributed by atoms with Crippen LogP contribution in [0.15, 0.2) is 18.2 Å². The smallest absolute Gasteiger partial charge is 0.493 e. The molecule has 126 valence electrons. The number of ether oxygens (including phenoxy) is 2. The molecule has 1 aliphatic rings. The van der Waals surface area contributed by atoms with Crippen molar-refractivity contribution in [3.8, 4) is 11.5 Å². The Bertz CT molecular complexity index is 463. The summed E-state index contributed by atoms with van der Waals surface area (Å²) in [5.41, 5.74) is 0.972. The second-order valence-electron chi connectivity index (χ2n) is 5.12. The van der Waals surface area contributed by atoms with Crippen LogP contribution in [0.4, 0.5) is 13.2 Å². The van der Waals surface area contributed by atoms with Crippen LogP contribution in [0.25, 0.3) is 0 Å².